The molecule has 1 atom stereocenters. The Morgan fingerprint density at radius 2 is 1.82 bits per heavy atom. The largest absolute Gasteiger partial charge is 0.385 e. The van der Waals surface area contributed by atoms with Crippen LogP contribution in [0.25, 0.3) is 0 Å². The fourth-order valence-corrected chi connectivity index (χ4v) is 4.04. The highest BCUT2D eigenvalue weighted by Crippen LogP contribution is 2.29. The van der Waals surface area contributed by atoms with Crippen molar-refractivity contribution < 1.29 is 24.0 Å². The fraction of sp³-hybridized carbons (Fsp3) is 0.333. The summed E-state index contributed by atoms with van der Waals surface area (Å²) in [5.41, 5.74) is 1.74. The Labute approximate surface area is 196 Å². The van der Waals surface area contributed by atoms with Gasteiger partial charge in [-0.3, -0.25) is 39.2 Å². The molecule has 0 spiro atoms. The average Bonchev–Trinajstić information content (AvgIpc) is 3.08. The number of hydrogen-bond donors (Lipinski definition) is 3. The first-order chi connectivity index (χ1) is 16.5. The Kier molecular flexibility index (Phi) is 6.95. The first-order valence-electron chi connectivity index (χ1n) is 11.2. The van der Waals surface area contributed by atoms with Crippen LogP contribution in [0.3, 0.4) is 0 Å². The van der Waals surface area contributed by atoms with Gasteiger partial charge in [-0.25, -0.2) is 0 Å². The van der Waals surface area contributed by atoms with E-state index >= 15 is 0 Å². The van der Waals surface area contributed by atoms with E-state index in [2.05, 4.69) is 20.9 Å². The number of hydrogen-bond acceptors (Lipinski definition) is 7. The van der Waals surface area contributed by atoms with E-state index in [0.29, 0.717) is 24.3 Å². The predicted octanol–water partition coefficient (Wildman–Crippen LogP) is 1.49. The maximum atomic E-state index is 12.9. The summed E-state index contributed by atoms with van der Waals surface area (Å²) in [6.45, 7) is 1.23. The van der Waals surface area contributed by atoms with Gasteiger partial charge in [0.15, 0.2) is 0 Å². The summed E-state index contributed by atoms with van der Waals surface area (Å²) < 4.78 is 0. The van der Waals surface area contributed by atoms with E-state index in [1.807, 2.05) is 0 Å². The van der Waals surface area contributed by atoms with Gasteiger partial charge in [-0.05, 0) is 56.0 Å². The van der Waals surface area contributed by atoms with Crippen LogP contribution in [-0.2, 0) is 9.59 Å². The van der Waals surface area contributed by atoms with Crippen molar-refractivity contribution in [3.63, 3.8) is 0 Å². The molecule has 10 heteroatoms. The van der Waals surface area contributed by atoms with Crippen LogP contribution in [0, 0.1) is 0 Å². The van der Waals surface area contributed by atoms with E-state index in [4.69, 9.17) is 0 Å². The van der Waals surface area contributed by atoms with Crippen molar-refractivity contribution in [3.8, 4) is 0 Å². The van der Waals surface area contributed by atoms with E-state index < -0.39 is 29.7 Å². The van der Waals surface area contributed by atoms with Gasteiger partial charge in [0, 0.05) is 37.6 Å². The molecule has 1 fully saturated rings. The van der Waals surface area contributed by atoms with Crippen LogP contribution >= 0.6 is 0 Å². The third-order valence-electron chi connectivity index (χ3n) is 5.83. The molecule has 1 aromatic heterocycles. The quantitative estimate of drug-likeness (QED) is 0.378. The second-order valence-corrected chi connectivity index (χ2v) is 8.19. The lowest BCUT2D eigenvalue weighted by Crippen LogP contribution is -2.54. The smallest absolute Gasteiger partial charge is 0.262 e. The Balaban J connectivity index is 1.23. The summed E-state index contributed by atoms with van der Waals surface area (Å²) in [5.74, 6) is -2.22. The number of aromatic nitrogens is 1. The summed E-state index contributed by atoms with van der Waals surface area (Å²) >= 11 is 0. The molecule has 2 aliphatic heterocycles. The van der Waals surface area contributed by atoms with Gasteiger partial charge in [0.1, 0.15) is 6.04 Å². The zero-order valence-corrected chi connectivity index (χ0v) is 18.5. The van der Waals surface area contributed by atoms with E-state index in [1.54, 1.807) is 36.5 Å². The lowest BCUT2D eigenvalue weighted by atomic mass is 10.0. The zero-order chi connectivity index (χ0) is 24.1. The molecule has 3 N–H and O–H groups in total. The van der Waals surface area contributed by atoms with Crippen molar-refractivity contribution in [3.05, 3.63) is 59.4 Å². The van der Waals surface area contributed by atoms with Crippen molar-refractivity contribution in [2.75, 3.05) is 18.4 Å². The Morgan fingerprint density at radius 3 is 2.59 bits per heavy atom. The monoisotopic (exact) mass is 463 g/mol. The summed E-state index contributed by atoms with van der Waals surface area (Å²) in [5, 5.41) is 8.29. The number of carbonyl (C=O) groups is 5. The van der Waals surface area contributed by atoms with Gasteiger partial charge in [-0.1, -0.05) is 0 Å². The molecule has 0 aliphatic carbocycles. The first-order valence-corrected chi connectivity index (χ1v) is 11.2. The number of unbranched alkanes of at least 4 members (excludes halogenated alkanes) is 2. The molecule has 0 radical (unpaired) electrons. The Morgan fingerprint density at radius 1 is 1.03 bits per heavy atom. The number of anilines is 1. The maximum absolute atomic E-state index is 12.9. The molecule has 5 amide bonds. The Hall–Kier alpha value is -4.08. The van der Waals surface area contributed by atoms with E-state index in [9.17, 15) is 24.0 Å². The van der Waals surface area contributed by atoms with Gasteiger partial charge in [0.2, 0.25) is 11.8 Å². The van der Waals surface area contributed by atoms with Gasteiger partial charge < -0.3 is 10.6 Å². The lowest BCUT2D eigenvalue weighted by molar-refractivity contribution is -0.136. The van der Waals surface area contributed by atoms with Gasteiger partial charge in [-0.2, -0.15) is 0 Å². The van der Waals surface area contributed by atoms with Crippen molar-refractivity contribution in [2.24, 2.45) is 0 Å². The molecule has 1 aromatic carbocycles. The highest BCUT2D eigenvalue weighted by atomic mass is 16.2. The topological polar surface area (TPSA) is 138 Å². The van der Waals surface area contributed by atoms with Gasteiger partial charge in [-0.15, -0.1) is 0 Å². The number of imide groups is 2. The van der Waals surface area contributed by atoms with Crippen LogP contribution < -0.4 is 16.0 Å². The molecular weight excluding hydrogens is 438 g/mol. The van der Waals surface area contributed by atoms with Crippen molar-refractivity contribution >= 4 is 35.2 Å². The van der Waals surface area contributed by atoms with Crippen LogP contribution in [0.4, 0.5) is 5.69 Å². The highest BCUT2D eigenvalue weighted by molar-refractivity contribution is 6.23. The molecule has 2 aliphatic rings. The number of nitrogens with zero attached hydrogens (tertiary/aromatic N) is 2. The van der Waals surface area contributed by atoms with Crippen LogP contribution in [-0.4, -0.2) is 58.6 Å². The summed E-state index contributed by atoms with van der Waals surface area (Å²) in [4.78, 5) is 66.0. The minimum absolute atomic E-state index is 0.0871. The first kappa shape index (κ1) is 23.1. The minimum atomic E-state index is -0.972. The molecule has 34 heavy (non-hydrogen) atoms. The number of fused-ring (bicyclic) bond motifs is 1. The van der Waals surface area contributed by atoms with Crippen molar-refractivity contribution in [1.29, 1.82) is 0 Å². The van der Waals surface area contributed by atoms with Crippen molar-refractivity contribution in [1.82, 2.24) is 20.5 Å². The number of amides is 5. The molecule has 3 heterocycles. The number of benzene rings is 1. The van der Waals surface area contributed by atoms with Gasteiger partial charge in [0.25, 0.3) is 17.7 Å². The average molecular weight is 463 g/mol. The Bertz CT molecular complexity index is 1130. The second-order valence-electron chi connectivity index (χ2n) is 8.19. The maximum Gasteiger partial charge on any atom is 0.262 e. The van der Waals surface area contributed by atoms with Gasteiger partial charge >= 0.3 is 0 Å². The minimum Gasteiger partial charge on any atom is -0.385 e. The van der Waals surface area contributed by atoms with E-state index in [-0.39, 0.29) is 29.9 Å². The van der Waals surface area contributed by atoms with Crippen LogP contribution in [0.15, 0.2) is 42.7 Å². The van der Waals surface area contributed by atoms with E-state index in [1.165, 1.54) is 6.20 Å². The third kappa shape index (κ3) is 4.95. The zero-order valence-electron chi connectivity index (χ0n) is 18.5. The molecule has 0 bridgehead atoms. The number of rotatable bonds is 9. The van der Waals surface area contributed by atoms with E-state index in [0.717, 1.165) is 24.2 Å². The molecule has 0 saturated carbocycles. The number of pyridine rings is 1. The molecule has 2 aromatic rings. The standard InChI is InChI=1S/C24H25N5O5/c30-20-9-8-19(22(32)28-20)29-23(33)17-7-6-16(13-18(17)24(29)34)26-11-2-1-3-12-27-21(31)15-5-4-10-25-14-15/h4-7,10,13-14,19,26H,1-3,8-9,11-12H2,(H,27,31)(H,28,30,32). The molecule has 10 nitrogen and oxygen atoms in total. The number of piperidine rings is 1. The van der Waals surface area contributed by atoms with Crippen molar-refractivity contribution in [2.45, 2.75) is 38.1 Å². The third-order valence-corrected chi connectivity index (χ3v) is 5.83. The summed E-state index contributed by atoms with van der Waals surface area (Å²) in [6, 6.07) is 7.39. The molecule has 1 saturated heterocycles. The number of carbonyl (C=O) groups excluding carboxylic acids is 5. The fourth-order valence-electron chi connectivity index (χ4n) is 4.04. The lowest BCUT2D eigenvalue weighted by Gasteiger charge is -2.27. The molecule has 1 unspecified atom stereocenters. The van der Waals surface area contributed by atoms with Crippen LogP contribution in [0.1, 0.15) is 63.2 Å². The summed E-state index contributed by atoms with van der Waals surface area (Å²) in [6.07, 6.45) is 5.94. The highest BCUT2D eigenvalue weighted by Gasteiger charge is 2.44. The SMILES string of the molecule is O=C1CCC(N2C(=O)c3ccc(NCCCCCNC(=O)c4cccnc4)cc3C2=O)C(=O)N1. The summed E-state index contributed by atoms with van der Waals surface area (Å²) in [7, 11) is 0. The second kappa shape index (κ2) is 10.2. The molecule has 176 valence electrons. The van der Waals surface area contributed by atoms with Crippen LogP contribution in [0.2, 0.25) is 0 Å². The molecule has 4 rings (SSSR count). The van der Waals surface area contributed by atoms with Gasteiger partial charge in [0.05, 0.1) is 16.7 Å². The molecular formula is C24H25N5O5. The predicted molar refractivity (Wildman–Crippen MR) is 122 cm³/mol. The van der Waals surface area contributed by atoms with Crippen LogP contribution in [0.5, 0.6) is 0 Å². The number of nitrogens with one attached hydrogen (secondary N) is 3. The normalized spacial score (nSPS) is 17.4.